The maximum atomic E-state index is 12.0. The highest BCUT2D eigenvalue weighted by Crippen LogP contribution is 2.05. The van der Waals surface area contributed by atoms with Crippen LogP contribution in [0.1, 0.15) is 27.0 Å². The van der Waals surface area contributed by atoms with Gasteiger partial charge in [0.25, 0.3) is 5.91 Å². The van der Waals surface area contributed by atoms with E-state index in [-0.39, 0.29) is 12.5 Å². The molecule has 3 nitrogen and oxygen atoms in total. The maximum absolute atomic E-state index is 12.0. The van der Waals surface area contributed by atoms with Gasteiger partial charge < -0.3 is 10.4 Å². The molecule has 3 heteroatoms. The van der Waals surface area contributed by atoms with E-state index >= 15 is 0 Å². The molecular formula is C18H17NO2. The van der Waals surface area contributed by atoms with Crippen molar-refractivity contribution in [1.82, 2.24) is 5.32 Å². The summed E-state index contributed by atoms with van der Waals surface area (Å²) in [5, 5.41) is 11.5. The Morgan fingerprint density at radius 2 is 1.76 bits per heavy atom. The van der Waals surface area contributed by atoms with Crippen LogP contribution in [0.4, 0.5) is 0 Å². The van der Waals surface area contributed by atoms with Crippen LogP contribution in [-0.4, -0.2) is 17.6 Å². The van der Waals surface area contributed by atoms with Crippen molar-refractivity contribution in [1.29, 1.82) is 0 Å². The molecule has 21 heavy (non-hydrogen) atoms. The van der Waals surface area contributed by atoms with E-state index in [1.807, 2.05) is 55.5 Å². The van der Waals surface area contributed by atoms with Crippen molar-refractivity contribution in [3.8, 4) is 11.8 Å². The molecule has 0 bridgehead atoms. The highest BCUT2D eigenvalue weighted by atomic mass is 16.2. The third kappa shape index (κ3) is 4.48. The van der Waals surface area contributed by atoms with Gasteiger partial charge in [0.1, 0.15) is 6.61 Å². The summed E-state index contributed by atoms with van der Waals surface area (Å²) in [6.07, 6.45) is 0. The molecule has 0 aliphatic rings. The molecule has 2 rings (SSSR count). The minimum absolute atomic E-state index is 0.0841. The quantitative estimate of drug-likeness (QED) is 0.847. The SMILES string of the molecule is Cc1ccc(C(=O)NCc2ccc(C#CCO)cc2)cc1. The molecule has 0 aromatic heterocycles. The summed E-state index contributed by atoms with van der Waals surface area (Å²) in [4.78, 5) is 12.0. The fraction of sp³-hybridized carbons (Fsp3) is 0.167. The summed E-state index contributed by atoms with van der Waals surface area (Å²) in [6.45, 7) is 2.32. The highest BCUT2D eigenvalue weighted by molar-refractivity contribution is 5.94. The first kappa shape index (κ1) is 14.8. The Balaban J connectivity index is 1.93. The molecule has 0 radical (unpaired) electrons. The first-order valence-corrected chi connectivity index (χ1v) is 6.72. The van der Waals surface area contributed by atoms with Crippen LogP contribution in [0.5, 0.6) is 0 Å². The molecule has 0 heterocycles. The van der Waals surface area contributed by atoms with Gasteiger partial charge in [-0.15, -0.1) is 0 Å². The van der Waals surface area contributed by atoms with Gasteiger partial charge in [0, 0.05) is 17.7 Å². The zero-order chi connectivity index (χ0) is 15.1. The van der Waals surface area contributed by atoms with Gasteiger partial charge in [0.2, 0.25) is 0 Å². The molecule has 1 amide bonds. The number of hydrogen-bond donors (Lipinski definition) is 2. The Morgan fingerprint density at radius 1 is 1.10 bits per heavy atom. The minimum Gasteiger partial charge on any atom is -0.384 e. The lowest BCUT2D eigenvalue weighted by atomic mass is 10.1. The van der Waals surface area contributed by atoms with Crippen molar-refractivity contribution in [2.75, 3.05) is 6.61 Å². The average Bonchev–Trinajstić information content (AvgIpc) is 2.52. The predicted octanol–water partition coefficient (Wildman–Crippen LogP) is 2.27. The summed E-state index contributed by atoms with van der Waals surface area (Å²) in [7, 11) is 0. The smallest absolute Gasteiger partial charge is 0.251 e. The summed E-state index contributed by atoms with van der Waals surface area (Å²) in [6, 6.07) is 15.0. The summed E-state index contributed by atoms with van der Waals surface area (Å²) >= 11 is 0. The van der Waals surface area contributed by atoms with Crippen molar-refractivity contribution < 1.29 is 9.90 Å². The standard InChI is InChI=1S/C18H17NO2/c1-14-4-10-17(11-5-14)18(21)19-13-16-8-6-15(7-9-16)3-2-12-20/h4-11,20H,12-13H2,1H3,(H,19,21). The summed E-state index contributed by atoms with van der Waals surface area (Å²) in [5.74, 6) is 5.34. The van der Waals surface area contributed by atoms with Crippen LogP contribution < -0.4 is 5.32 Å². The molecule has 0 aliphatic heterocycles. The number of aliphatic hydroxyl groups is 1. The van der Waals surface area contributed by atoms with E-state index in [0.29, 0.717) is 12.1 Å². The Bertz CT molecular complexity index is 661. The average molecular weight is 279 g/mol. The fourth-order valence-corrected chi connectivity index (χ4v) is 1.84. The van der Waals surface area contributed by atoms with E-state index in [2.05, 4.69) is 17.2 Å². The number of aryl methyl sites for hydroxylation is 1. The summed E-state index contributed by atoms with van der Waals surface area (Å²) in [5.41, 5.74) is 3.64. The third-order valence-corrected chi connectivity index (χ3v) is 3.03. The van der Waals surface area contributed by atoms with Crippen LogP contribution in [0, 0.1) is 18.8 Å². The predicted molar refractivity (Wildman–Crippen MR) is 82.8 cm³/mol. The molecule has 0 unspecified atom stereocenters. The zero-order valence-electron chi connectivity index (χ0n) is 11.9. The van der Waals surface area contributed by atoms with Crippen LogP contribution in [0.15, 0.2) is 48.5 Å². The monoisotopic (exact) mass is 279 g/mol. The number of rotatable bonds is 3. The second-order valence-electron chi connectivity index (χ2n) is 4.71. The first-order chi connectivity index (χ1) is 10.2. The molecular weight excluding hydrogens is 262 g/mol. The third-order valence-electron chi connectivity index (χ3n) is 3.03. The van der Waals surface area contributed by atoms with Crippen molar-refractivity contribution in [3.63, 3.8) is 0 Å². The van der Waals surface area contributed by atoms with E-state index in [9.17, 15) is 4.79 Å². The molecule has 0 atom stereocenters. The number of benzene rings is 2. The molecule has 0 saturated heterocycles. The van der Waals surface area contributed by atoms with Gasteiger partial charge in [-0.05, 0) is 36.8 Å². The van der Waals surface area contributed by atoms with Gasteiger partial charge in [-0.3, -0.25) is 4.79 Å². The van der Waals surface area contributed by atoms with Gasteiger partial charge in [-0.1, -0.05) is 41.7 Å². The fourth-order valence-electron chi connectivity index (χ4n) is 1.84. The number of carbonyl (C=O) groups is 1. The molecule has 0 aliphatic carbocycles. The normalized spacial score (nSPS) is 9.62. The first-order valence-electron chi connectivity index (χ1n) is 6.72. The number of aliphatic hydroxyl groups excluding tert-OH is 1. The number of carbonyl (C=O) groups excluding carboxylic acids is 1. The van der Waals surface area contributed by atoms with Crippen LogP contribution >= 0.6 is 0 Å². The highest BCUT2D eigenvalue weighted by Gasteiger charge is 2.04. The van der Waals surface area contributed by atoms with Gasteiger partial charge in [0.15, 0.2) is 0 Å². The van der Waals surface area contributed by atoms with E-state index in [4.69, 9.17) is 5.11 Å². The van der Waals surface area contributed by atoms with Gasteiger partial charge >= 0.3 is 0 Å². The van der Waals surface area contributed by atoms with E-state index in [0.717, 1.165) is 16.7 Å². The second-order valence-corrected chi connectivity index (χ2v) is 4.71. The number of amides is 1. The number of hydrogen-bond acceptors (Lipinski definition) is 2. The molecule has 0 saturated carbocycles. The Labute approximate surface area is 124 Å². The number of nitrogens with one attached hydrogen (secondary N) is 1. The largest absolute Gasteiger partial charge is 0.384 e. The van der Waals surface area contributed by atoms with Crippen LogP contribution in [0.3, 0.4) is 0 Å². The molecule has 106 valence electrons. The zero-order valence-corrected chi connectivity index (χ0v) is 11.9. The second kappa shape index (κ2) is 7.28. The Hall–Kier alpha value is -2.57. The van der Waals surface area contributed by atoms with Gasteiger partial charge in [-0.25, -0.2) is 0 Å². The van der Waals surface area contributed by atoms with Gasteiger partial charge in [0.05, 0.1) is 0 Å². The molecule has 2 aromatic rings. The van der Waals surface area contributed by atoms with E-state index < -0.39 is 0 Å². The van der Waals surface area contributed by atoms with E-state index in [1.54, 1.807) is 0 Å². The molecule has 2 aromatic carbocycles. The van der Waals surface area contributed by atoms with Crippen LogP contribution in [-0.2, 0) is 6.54 Å². The van der Waals surface area contributed by atoms with Crippen molar-refractivity contribution >= 4 is 5.91 Å². The topological polar surface area (TPSA) is 49.3 Å². The van der Waals surface area contributed by atoms with Crippen LogP contribution in [0.25, 0.3) is 0 Å². The lowest BCUT2D eigenvalue weighted by Crippen LogP contribution is -2.22. The van der Waals surface area contributed by atoms with Crippen molar-refractivity contribution in [2.45, 2.75) is 13.5 Å². The Kier molecular flexibility index (Phi) is 5.14. The summed E-state index contributed by atoms with van der Waals surface area (Å²) < 4.78 is 0. The minimum atomic E-state index is -0.144. The van der Waals surface area contributed by atoms with E-state index in [1.165, 1.54) is 0 Å². The lowest BCUT2D eigenvalue weighted by molar-refractivity contribution is 0.0951. The van der Waals surface area contributed by atoms with Crippen LogP contribution in [0.2, 0.25) is 0 Å². The molecule has 2 N–H and O–H groups in total. The lowest BCUT2D eigenvalue weighted by Gasteiger charge is -2.06. The van der Waals surface area contributed by atoms with Crippen molar-refractivity contribution in [2.24, 2.45) is 0 Å². The molecule has 0 spiro atoms. The van der Waals surface area contributed by atoms with Gasteiger partial charge in [-0.2, -0.15) is 0 Å². The van der Waals surface area contributed by atoms with Crippen molar-refractivity contribution in [3.05, 3.63) is 70.8 Å². The Morgan fingerprint density at radius 3 is 2.38 bits per heavy atom. The molecule has 0 fully saturated rings. The maximum Gasteiger partial charge on any atom is 0.251 e.